The maximum Gasteiger partial charge on any atom is 0.416 e. The van der Waals surface area contributed by atoms with Gasteiger partial charge in [-0.1, -0.05) is 0 Å². The number of aromatic nitrogens is 2. The summed E-state index contributed by atoms with van der Waals surface area (Å²) >= 11 is 1.03. The van der Waals surface area contributed by atoms with Crippen LogP contribution < -0.4 is 5.73 Å². The zero-order chi connectivity index (χ0) is 17.5. The summed E-state index contributed by atoms with van der Waals surface area (Å²) in [6.45, 7) is 0. The summed E-state index contributed by atoms with van der Waals surface area (Å²) in [4.78, 5) is 18.7. The minimum Gasteiger partial charge on any atom is -0.404 e. The van der Waals surface area contributed by atoms with Gasteiger partial charge in [-0.3, -0.25) is 9.78 Å². The van der Waals surface area contributed by atoms with Crippen LogP contribution in [0, 0.1) is 0 Å². The fourth-order valence-corrected chi connectivity index (χ4v) is 2.28. The van der Waals surface area contributed by atoms with Crippen LogP contribution in [0.3, 0.4) is 0 Å². The summed E-state index contributed by atoms with van der Waals surface area (Å²) in [5, 5.41) is 0.214. The summed E-state index contributed by atoms with van der Waals surface area (Å²) < 4.78 is 42.2. The molecule has 0 aliphatic heterocycles. The SMILES string of the molecule is COC.N/C=C(\c1cc(C(F)(F)F)ccn1)c1cnc(C=O)s1. The van der Waals surface area contributed by atoms with Gasteiger partial charge in [0.05, 0.1) is 16.1 Å². The molecule has 23 heavy (non-hydrogen) atoms. The van der Waals surface area contributed by atoms with Gasteiger partial charge in [0.2, 0.25) is 0 Å². The van der Waals surface area contributed by atoms with Crippen molar-refractivity contribution in [2.45, 2.75) is 6.18 Å². The fraction of sp³-hybridized carbons (Fsp3) is 0.214. The summed E-state index contributed by atoms with van der Waals surface area (Å²) in [5.74, 6) is 0. The molecule has 0 amide bonds. The van der Waals surface area contributed by atoms with Crippen molar-refractivity contribution in [2.24, 2.45) is 5.73 Å². The third-order valence-corrected chi connectivity index (χ3v) is 3.38. The smallest absolute Gasteiger partial charge is 0.404 e. The number of thiazole rings is 1. The lowest BCUT2D eigenvalue weighted by molar-refractivity contribution is -0.137. The second-order valence-corrected chi connectivity index (χ2v) is 5.16. The highest BCUT2D eigenvalue weighted by atomic mass is 32.1. The standard InChI is InChI=1S/C12H8F3N3OS.C2H6O/c13-12(14,15)7-1-2-17-9(3-7)8(4-16)10-5-18-11(6-19)20-10;1-3-2/h1-6H,16H2;1-2H3/b8-4+;. The van der Waals surface area contributed by atoms with Gasteiger partial charge < -0.3 is 10.5 Å². The number of hydrogen-bond acceptors (Lipinski definition) is 6. The van der Waals surface area contributed by atoms with Crippen molar-refractivity contribution in [3.05, 3.63) is 51.9 Å². The van der Waals surface area contributed by atoms with E-state index in [9.17, 15) is 18.0 Å². The predicted octanol–water partition coefficient (Wildman–Crippen LogP) is 2.98. The lowest BCUT2D eigenvalue weighted by atomic mass is 10.1. The zero-order valence-corrected chi connectivity index (χ0v) is 13.1. The van der Waals surface area contributed by atoms with Crippen LogP contribution in [0.4, 0.5) is 13.2 Å². The van der Waals surface area contributed by atoms with E-state index in [4.69, 9.17) is 5.73 Å². The predicted molar refractivity (Wildman–Crippen MR) is 80.9 cm³/mol. The minimum absolute atomic E-state index is 0.0726. The number of rotatable bonds is 3. The Labute approximate surface area is 134 Å². The number of ether oxygens (including phenoxy) is 1. The molecular formula is C14H14F3N3O2S. The Morgan fingerprint density at radius 2 is 2.00 bits per heavy atom. The van der Waals surface area contributed by atoms with Crippen molar-refractivity contribution in [3.63, 3.8) is 0 Å². The quantitative estimate of drug-likeness (QED) is 0.865. The van der Waals surface area contributed by atoms with E-state index in [0.717, 1.165) is 35.9 Å². The summed E-state index contributed by atoms with van der Waals surface area (Å²) in [6, 6.07) is 1.78. The molecule has 0 spiro atoms. The Hall–Kier alpha value is -2.26. The largest absolute Gasteiger partial charge is 0.416 e. The second-order valence-electron chi connectivity index (χ2n) is 4.10. The van der Waals surface area contributed by atoms with E-state index in [1.165, 1.54) is 6.20 Å². The molecule has 0 saturated carbocycles. The topological polar surface area (TPSA) is 78.1 Å². The first kappa shape index (κ1) is 18.8. The van der Waals surface area contributed by atoms with E-state index < -0.39 is 11.7 Å². The highest BCUT2D eigenvalue weighted by molar-refractivity contribution is 7.14. The van der Waals surface area contributed by atoms with Crippen molar-refractivity contribution in [2.75, 3.05) is 14.2 Å². The lowest BCUT2D eigenvalue weighted by Gasteiger charge is -2.09. The average Bonchev–Trinajstić information content (AvgIpc) is 2.97. The molecule has 0 aliphatic rings. The summed E-state index contributed by atoms with van der Waals surface area (Å²) in [5.41, 5.74) is 5.00. The first-order chi connectivity index (χ1) is 10.9. The first-order valence-electron chi connectivity index (χ1n) is 6.14. The normalized spacial score (nSPS) is 11.6. The maximum atomic E-state index is 12.7. The van der Waals surface area contributed by atoms with E-state index in [-0.39, 0.29) is 10.7 Å². The van der Waals surface area contributed by atoms with Gasteiger partial charge >= 0.3 is 6.18 Å². The molecule has 0 unspecified atom stereocenters. The van der Waals surface area contributed by atoms with Crippen LogP contribution in [0.5, 0.6) is 0 Å². The molecule has 124 valence electrons. The zero-order valence-electron chi connectivity index (χ0n) is 12.3. The highest BCUT2D eigenvalue weighted by Crippen LogP contribution is 2.32. The van der Waals surface area contributed by atoms with Gasteiger partial charge in [-0.25, -0.2) is 4.98 Å². The molecule has 9 heteroatoms. The number of carbonyl (C=O) groups excluding carboxylic acids is 1. The van der Waals surface area contributed by atoms with Gasteiger partial charge in [-0.15, -0.1) is 11.3 Å². The maximum absolute atomic E-state index is 12.7. The number of carbonyl (C=O) groups is 1. The van der Waals surface area contributed by atoms with Crippen LogP contribution in [0.15, 0.2) is 30.7 Å². The van der Waals surface area contributed by atoms with Gasteiger partial charge in [-0.2, -0.15) is 13.2 Å². The molecule has 2 rings (SSSR count). The van der Waals surface area contributed by atoms with Crippen molar-refractivity contribution >= 4 is 23.2 Å². The third kappa shape index (κ3) is 5.15. The molecule has 0 aliphatic carbocycles. The molecule has 2 N–H and O–H groups in total. The monoisotopic (exact) mass is 345 g/mol. The molecule has 0 bridgehead atoms. The van der Waals surface area contributed by atoms with Gasteiger partial charge in [0, 0.05) is 38.4 Å². The van der Waals surface area contributed by atoms with Crippen molar-refractivity contribution in [3.8, 4) is 0 Å². The third-order valence-electron chi connectivity index (χ3n) is 2.42. The second kappa shape index (κ2) is 8.39. The molecular weight excluding hydrogens is 331 g/mol. The van der Waals surface area contributed by atoms with Crippen LogP contribution in [-0.4, -0.2) is 30.5 Å². The van der Waals surface area contributed by atoms with Crippen molar-refractivity contribution in [1.82, 2.24) is 9.97 Å². The molecule has 0 radical (unpaired) electrons. The number of methoxy groups -OCH3 is 1. The van der Waals surface area contributed by atoms with Crippen LogP contribution in [0.2, 0.25) is 0 Å². The number of halogens is 3. The van der Waals surface area contributed by atoms with Crippen LogP contribution in [-0.2, 0) is 10.9 Å². The summed E-state index contributed by atoms with van der Waals surface area (Å²) in [6.07, 6.45) is -0.329. The average molecular weight is 345 g/mol. The van der Waals surface area contributed by atoms with E-state index in [0.29, 0.717) is 16.7 Å². The molecule has 5 nitrogen and oxygen atoms in total. The van der Waals surface area contributed by atoms with Gasteiger partial charge in [0.1, 0.15) is 0 Å². The van der Waals surface area contributed by atoms with Gasteiger partial charge in [0.15, 0.2) is 11.3 Å². The molecule has 0 fully saturated rings. The molecule has 0 atom stereocenters. The number of nitrogens with zero attached hydrogens (tertiary/aromatic N) is 2. The molecule has 0 saturated heterocycles. The van der Waals surface area contributed by atoms with E-state index in [1.54, 1.807) is 14.2 Å². The Balaban J connectivity index is 0.000000816. The van der Waals surface area contributed by atoms with Crippen LogP contribution >= 0.6 is 11.3 Å². The molecule has 2 heterocycles. The number of hydrogen-bond donors (Lipinski definition) is 1. The van der Waals surface area contributed by atoms with E-state index >= 15 is 0 Å². The number of nitrogens with two attached hydrogens (primary N) is 1. The Morgan fingerprint density at radius 1 is 1.35 bits per heavy atom. The Bertz CT molecular complexity index is 684. The van der Waals surface area contributed by atoms with Crippen molar-refractivity contribution < 1.29 is 22.7 Å². The van der Waals surface area contributed by atoms with Crippen LogP contribution in [0.25, 0.3) is 5.57 Å². The fourth-order valence-electron chi connectivity index (χ4n) is 1.51. The van der Waals surface area contributed by atoms with Gasteiger partial charge in [-0.05, 0) is 12.1 Å². The highest BCUT2D eigenvalue weighted by Gasteiger charge is 2.31. The lowest BCUT2D eigenvalue weighted by Crippen LogP contribution is -2.06. The van der Waals surface area contributed by atoms with E-state index in [2.05, 4.69) is 14.7 Å². The summed E-state index contributed by atoms with van der Waals surface area (Å²) in [7, 11) is 3.25. The Morgan fingerprint density at radius 3 is 2.48 bits per heavy atom. The number of pyridine rings is 1. The first-order valence-corrected chi connectivity index (χ1v) is 6.96. The molecule has 2 aromatic rings. The number of alkyl halides is 3. The number of aldehydes is 1. The van der Waals surface area contributed by atoms with Crippen LogP contribution in [0.1, 0.15) is 25.9 Å². The molecule has 2 aromatic heterocycles. The molecule has 0 aromatic carbocycles. The minimum atomic E-state index is -4.46. The Kier molecular flexibility index (Phi) is 6.86. The van der Waals surface area contributed by atoms with Gasteiger partial charge in [0.25, 0.3) is 0 Å². The van der Waals surface area contributed by atoms with Crippen molar-refractivity contribution in [1.29, 1.82) is 0 Å². The van der Waals surface area contributed by atoms with E-state index in [1.807, 2.05) is 0 Å².